The molecule has 2 atom stereocenters. The number of hydrogen-bond donors (Lipinski definition) is 1. The summed E-state index contributed by atoms with van der Waals surface area (Å²) in [4.78, 5) is 14.5. The summed E-state index contributed by atoms with van der Waals surface area (Å²) in [5, 5.41) is 0.592. The normalized spacial score (nSPS) is 24.1. The van der Waals surface area contributed by atoms with E-state index in [-0.39, 0.29) is 18.0 Å². The Morgan fingerprint density at radius 3 is 2.94 bits per heavy atom. The number of nitrogens with zero attached hydrogens (tertiary/aromatic N) is 1. The third-order valence-corrected chi connectivity index (χ3v) is 3.84. The molecule has 1 aromatic rings. The minimum absolute atomic E-state index is 0.0418. The Bertz CT molecular complexity index is 436. The Hall–Kier alpha value is -1.06. The molecule has 0 aromatic heterocycles. The van der Waals surface area contributed by atoms with E-state index in [1.54, 1.807) is 12.1 Å². The molecule has 2 unspecified atom stereocenters. The van der Waals surface area contributed by atoms with Crippen LogP contribution in [-0.4, -0.2) is 29.4 Å². The van der Waals surface area contributed by atoms with Crippen LogP contribution in [0, 0.1) is 0 Å². The van der Waals surface area contributed by atoms with E-state index in [9.17, 15) is 4.79 Å². The van der Waals surface area contributed by atoms with Crippen molar-refractivity contribution < 1.29 is 4.79 Å². The summed E-state index contributed by atoms with van der Waals surface area (Å²) < 4.78 is 0. The van der Waals surface area contributed by atoms with Crippen molar-refractivity contribution >= 4 is 17.5 Å². The second kappa shape index (κ2) is 5.72. The largest absolute Gasteiger partial charge is 0.332 e. The molecule has 1 heterocycles. The van der Waals surface area contributed by atoms with Crippen LogP contribution in [0.5, 0.6) is 0 Å². The van der Waals surface area contributed by atoms with Crippen LogP contribution < -0.4 is 5.73 Å². The first-order chi connectivity index (χ1) is 8.63. The van der Waals surface area contributed by atoms with Crippen molar-refractivity contribution in [1.82, 2.24) is 4.90 Å². The van der Waals surface area contributed by atoms with Gasteiger partial charge >= 0.3 is 0 Å². The third-order valence-electron chi connectivity index (χ3n) is 3.61. The fourth-order valence-electron chi connectivity index (χ4n) is 2.65. The molecule has 0 bridgehead atoms. The molecule has 0 radical (unpaired) electrons. The lowest BCUT2D eigenvalue weighted by atomic mass is 9.95. The van der Waals surface area contributed by atoms with E-state index in [2.05, 4.69) is 6.92 Å². The number of piperidine rings is 1. The molecule has 1 aliphatic rings. The lowest BCUT2D eigenvalue weighted by Crippen LogP contribution is -2.51. The molecule has 2 rings (SSSR count). The fourth-order valence-corrected chi connectivity index (χ4v) is 2.85. The van der Waals surface area contributed by atoms with E-state index >= 15 is 0 Å². The summed E-state index contributed by atoms with van der Waals surface area (Å²) in [6.07, 6.45) is 3.18. The van der Waals surface area contributed by atoms with Crippen LogP contribution in [0.4, 0.5) is 0 Å². The maximum absolute atomic E-state index is 12.5. The molecule has 0 saturated carbocycles. The van der Waals surface area contributed by atoms with Crippen molar-refractivity contribution in [2.45, 2.75) is 38.3 Å². The first-order valence-corrected chi connectivity index (χ1v) is 6.79. The molecule has 1 saturated heterocycles. The highest BCUT2D eigenvalue weighted by Crippen LogP contribution is 2.25. The zero-order valence-corrected chi connectivity index (χ0v) is 11.4. The molecule has 4 heteroatoms. The van der Waals surface area contributed by atoms with Gasteiger partial charge in [-0.1, -0.05) is 17.7 Å². The average molecular weight is 267 g/mol. The number of carbonyl (C=O) groups excluding carboxylic acids is 1. The number of halogens is 1. The zero-order valence-electron chi connectivity index (χ0n) is 10.6. The summed E-state index contributed by atoms with van der Waals surface area (Å²) in [5.74, 6) is 0.0418. The Morgan fingerprint density at radius 1 is 1.50 bits per heavy atom. The van der Waals surface area contributed by atoms with Gasteiger partial charge in [-0.3, -0.25) is 4.79 Å². The van der Waals surface area contributed by atoms with Gasteiger partial charge in [0, 0.05) is 29.2 Å². The van der Waals surface area contributed by atoms with Crippen LogP contribution in [0.15, 0.2) is 24.3 Å². The van der Waals surface area contributed by atoms with Crippen LogP contribution in [0.3, 0.4) is 0 Å². The van der Waals surface area contributed by atoms with Crippen molar-refractivity contribution in [3.8, 4) is 0 Å². The van der Waals surface area contributed by atoms with E-state index in [0.717, 1.165) is 19.3 Å². The molecule has 1 fully saturated rings. The van der Waals surface area contributed by atoms with Gasteiger partial charge in [0.05, 0.1) is 0 Å². The Labute approximate surface area is 113 Å². The first-order valence-electron chi connectivity index (χ1n) is 6.41. The number of carbonyl (C=O) groups is 1. The second-order valence-electron chi connectivity index (χ2n) is 4.89. The van der Waals surface area contributed by atoms with Gasteiger partial charge in [0.2, 0.25) is 0 Å². The monoisotopic (exact) mass is 266 g/mol. The molecule has 1 aliphatic heterocycles. The van der Waals surface area contributed by atoms with Gasteiger partial charge in [-0.2, -0.15) is 0 Å². The van der Waals surface area contributed by atoms with Gasteiger partial charge in [-0.25, -0.2) is 0 Å². The van der Waals surface area contributed by atoms with Gasteiger partial charge in [0.15, 0.2) is 0 Å². The number of benzene rings is 1. The molecule has 0 aliphatic carbocycles. The Balaban J connectivity index is 2.25. The standard InChI is InChI=1S/C14H19ClN2O/c1-10-4-2-7-13(9-16)17(10)14(18)11-5-3-6-12(15)8-11/h3,5-6,8,10,13H,2,4,7,9,16H2,1H3. The van der Waals surface area contributed by atoms with Crippen LogP contribution in [-0.2, 0) is 0 Å². The minimum atomic E-state index is 0.0418. The predicted molar refractivity (Wildman–Crippen MR) is 73.8 cm³/mol. The molecule has 0 spiro atoms. The number of rotatable bonds is 2. The van der Waals surface area contributed by atoms with E-state index in [1.807, 2.05) is 17.0 Å². The second-order valence-corrected chi connectivity index (χ2v) is 5.33. The topological polar surface area (TPSA) is 46.3 Å². The van der Waals surface area contributed by atoms with Crippen LogP contribution >= 0.6 is 11.6 Å². The van der Waals surface area contributed by atoms with E-state index < -0.39 is 0 Å². The Kier molecular flexibility index (Phi) is 4.25. The quantitative estimate of drug-likeness (QED) is 0.895. The summed E-state index contributed by atoms with van der Waals surface area (Å²) >= 11 is 5.94. The van der Waals surface area contributed by atoms with Crippen molar-refractivity contribution in [3.05, 3.63) is 34.9 Å². The average Bonchev–Trinajstić information content (AvgIpc) is 2.37. The summed E-state index contributed by atoms with van der Waals surface area (Å²) in [7, 11) is 0. The molecule has 3 nitrogen and oxygen atoms in total. The van der Waals surface area contributed by atoms with Crippen LogP contribution in [0.2, 0.25) is 5.02 Å². The minimum Gasteiger partial charge on any atom is -0.332 e. The molecule has 98 valence electrons. The SMILES string of the molecule is CC1CCCC(CN)N1C(=O)c1cccc(Cl)c1. The number of amides is 1. The summed E-state index contributed by atoms with van der Waals surface area (Å²) in [6, 6.07) is 7.51. The van der Waals surface area contributed by atoms with Gasteiger partial charge < -0.3 is 10.6 Å². The molecule has 1 amide bonds. The molecule has 18 heavy (non-hydrogen) atoms. The smallest absolute Gasteiger partial charge is 0.254 e. The highest BCUT2D eigenvalue weighted by atomic mass is 35.5. The van der Waals surface area contributed by atoms with Crippen molar-refractivity contribution in [1.29, 1.82) is 0 Å². The highest BCUT2D eigenvalue weighted by Gasteiger charge is 2.31. The third kappa shape index (κ3) is 2.68. The number of hydrogen-bond acceptors (Lipinski definition) is 2. The van der Waals surface area contributed by atoms with Crippen molar-refractivity contribution in [2.24, 2.45) is 5.73 Å². The molecule has 1 aromatic carbocycles. The van der Waals surface area contributed by atoms with Gasteiger partial charge in [0.1, 0.15) is 0 Å². The van der Waals surface area contributed by atoms with Crippen molar-refractivity contribution in [3.63, 3.8) is 0 Å². The van der Waals surface area contributed by atoms with E-state index in [4.69, 9.17) is 17.3 Å². The van der Waals surface area contributed by atoms with E-state index in [0.29, 0.717) is 17.1 Å². The fraction of sp³-hybridized carbons (Fsp3) is 0.500. The molecule has 2 N–H and O–H groups in total. The summed E-state index contributed by atoms with van der Waals surface area (Å²) in [6.45, 7) is 2.61. The molecular formula is C14H19ClN2O. The number of nitrogens with two attached hydrogens (primary N) is 1. The lowest BCUT2D eigenvalue weighted by Gasteiger charge is -2.40. The lowest BCUT2D eigenvalue weighted by molar-refractivity contribution is 0.0494. The first kappa shape index (κ1) is 13.4. The number of likely N-dealkylation sites (tertiary alicyclic amines) is 1. The Morgan fingerprint density at radius 2 is 2.28 bits per heavy atom. The highest BCUT2D eigenvalue weighted by molar-refractivity contribution is 6.30. The summed E-state index contributed by atoms with van der Waals surface area (Å²) in [5.41, 5.74) is 6.43. The van der Waals surface area contributed by atoms with Crippen LogP contribution in [0.25, 0.3) is 0 Å². The van der Waals surface area contributed by atoms with Gasteiger partial charge in [0.25, 0.3) is 5.91 Å². The van der Waals surface area contributed by atoms with Crippen molar-refractivity contribution in [2.75, 3.05) is 6.54 Å². The van der Waals surface area contributed by atoms with E-state index in [1.165, 1.54) is 0 Å². The maximum atomic E-state index is 12.5. The zero-order chi connectivity index (χ0) is 13.1. The van der Waals surface area contributed by atoms with Gasteiger partial charge in [-0.15, -0.1) is 0 Å². The molecular weight excluding hydrogens is 248 g/mol. The van der Waals surface area contributed by atoms with Crippen LogP contribution in [0.1, 0.15) is 36.5 Å². The maximum Gasteiger partial charge on any atom is 0.254 e. The predicted octanol–water partition coefficient (Wildman–Crippen LogP) is 2.68. The van der Waals surface area contributed by atoms with Gasteiger partial charge in [-0.05, 0) is 44.4 Å².